The van der Waals surface area contributed by atoms with Crippen molar-refractivity contribution in [1.82, 2.24) is 25.3 Å². The molecule has 2 fully saturated rings. The quantitative estimate of drug-likeness (QED) is 0.940. The van der Waals surface area contributed by atoms with E-state index in [0.29, 0.717) is 22.6 Å². The topological polar surface area (TPSA) is 72.7 Å². The third-order valence-electron chi connectivity index (χ3n) is 5.46. The predicted octanol–water partition coefficient (Wildman–Crippen LogP) is 2.31. The van der Waals surface area contributed by atoms with Gasteiger partial charge in [0.25, 0.3) is 5.91 Å². The Bertz CT molecular complexity index is 719. The Morgan fingerprint density at radius 3 is 3.00 bits per heavy atom. The van der Waals surface area contributed by atoms with Gasteiger partial charge in [0.15, 0.2) is 5.65 Å². The molecule has 2 atom stereocenters. The van der Waals surface area contributed by atoms with Crippen molar-refractivity contribution in [2.45, 2.75) is 38.5 Å². The smallest absolute Gasteiger partial charge is 0.252 e. The van der Waals surface area contributed by atoms with Crippen LogP contribution in [-0.2, 0) is 7.05 Å². The molecule has 2 aromatic heterocycles. The first-order chi connectivity index (χ1) is 11.2. The molecule has 23 heavy (non-hydrogen) atoms. The lowest BCUT2D eigenvalue weighted by atomic mass is 9.85. The van der Waals surface area contributed by atoms with E-state index in [4.69, 9.17) is 0 Å². The first kappa shape index (κ1) is 14.6. The molecule has 0 saturated heterocycles. The van der Waals surface area contributed by atoms with Gasteiger partial charge >= 0.3 is 0 Å². The Morgan fingerprint density at radius 1 is 1.35 bits per heavy atom. The van der Waals surface area contributed by atoms with E-state index in [1.807, 2.05) is 0 Å². The van der Waals surface area contributed by atoms with Gasteiger partial charge in [0.1, 0.15) is 5.52 Å². The molecule has 0 unspecified atom stereocenters. The Morgan fingerprint density at radius 2 is 2.17 bits per heavy atom. The summed E-state index contributed by atoms with van der Waals surface area (Å²) < 4.78 is 1.61. The fourth-order valence-corrected chi connectivity index (χ4v) is 4.02. The first-order valence-corrected chi connectivity index (χ1v) is 8.66. The molecule has 2 aliphatic carbocycles. The first-order valence-electron chi connectivity index (χ1n) is 8.66. The maximum atomic E-state index is 12.3. The molecular formula is C17H23N5O. The van der Waals surface area contributed by atoms with Crippen LogP contribution in [0.5, 0.6) is 0 Å². The summed E-state index contributed by atoms with van der Waals surface area (Å²) in [6.07, 6.45) is 9.86. The highest BCUT2D eigenvalue weighted by molar-refractivity contribution is 5.96. The van der Waals surface area contributed by atoms with E-state index in [1.165, 1.54) is 38.5 Å². The highest BCUT2D eigenvalue weighted by Gasteiger charge is 2.42. The molecule has 2 heterocycles. The van der Waals surface area contributed by atoms with E-state index < -0.39 is 0 Å². The van der Waals surface area contributed by atoms with Gasteiger partial charge < -0.3 is 5.32 Å². The second-order valence-electron chi connectivity index (χ2n) is 7.05. The molecule has 4 rings (SSSR count). The summed E-state index contributed by atoms with van der Waals surface area (Å²) >= 11 is 0. The number of fused-ring (bicyclic) bond motifs is 1. The van der Waals surface area contributed by atoms with Gasteiger partial charge in [-0.2, -0.15) is 0 Å². The Kier molecular flexibility index (Phi) is 3.75. The van der Waals surface area contributed by atoms with Crippen LogP contribution in [0.25, 0.3) is 11.2 Å². The van der Waals surface area contributed by atoms with Crippen molar-refractivity contribution in [3.05, 3.63) is 17.8 Å². The second-order valence-corrected chi connectivity index (χ2v) is 7.05. The zero-order valence-electron chi connectivity index (χ0n) is 13.5. The van der Waals surface area contributed by atoms with Crippen LogP contribution in [0.1, 0.15) is 48.9 Å². The minimum atomic E-state index is -0.0562. The molecule has 6 nitrogen and oxygen atoms in total. The van der Waals surface area contributed by atoms with Gasteiger partial charge in [0.2, 0.25) is 0 Å². The number of nitrogens with zero attached hydrogens (tertiary/aromatic N) is 4. The molecule has 0 aromatic carbocycles. The molecule has 0 bridgehead atoms. The fraction of sp³-hybridized carbons (Fsp3) is 0.647. The number of hydrogen-bond donors (Lipinski definition) is 1. The van der Waals surface area contributed by atoms with E-state index >= 15 is 0 Å². The number of amides is 1. The molecule has 0 radical (unpaired) electrons. The lowest BCUT2D eigenvalue weighted by Crippen LogP contribution is -2.26. The summed E-state index contributed by atoms with van der Waals surface area (Å²) in [5.74, 6) is 2.37. The molecule has 1 amide bonds. The van der Waals surface area contributed by atoms with Crippen LogP contribution in [0.2, 0.25) is 0 Å². The van der Waals surface area contributed by atoms with Crippen LogP contribution in [0.3, 0.4) is 0 Å². The van der Waals surface area contributed by atoms with Crippen LogP contribution in [0.4, 0.5) is 0 Å². The van der Waals surface area contributed by atoms with Crippen LogP contribution >= 0.6 is 0 Å². The van der Waals surface area contributed by atoms with E-state index in [-0.39, 0.29) is 5.91 Å². The average molecular weight is 313 g/mol. The van der Waals surface area contributed by atoms with Crippen molar-refractivity contribution in [1.29, 1.82) is 0 Å². The van der Waals surface area contributed by atoms with Crippen molar-refractivity contribution >= 4 is 17.1 Å². The Labute approximate surface area is 135 Å². The summed E-state index contributed by atoms with van der Waals surface area (Å²) in [5.41, 5.74) is 1.92. The number of aryl methyl sites for hydroxylation is 1. The van der Waals surface area contributed by atoms with Crippen LogP contribution < -0.4 is 5.32 Å². The SMILES string of the molecule is Cn1nnc2cc(C(=O)NC[C@@H]3C[C@H]3C3CCCCC3)cnc21. The summed E-state index contributed by atoms with van der Waals surface area (Å²) in [6.45, 7) is 0.790. The number of aromatic nitrogens is 4. The van der Waals surface area contributed by atoms with Gasteiger partial charge in [0.05, 0.1) is 5.56 Å². The third kappa shape index (κ3) is 2.94. The lowest BCUT2D eigenvalue weighted by molar-refractivity contribution is 0.0950. The van der Waals surface area contributed by atoms with Gasteiger partial charge in [-0.1, -0.05) is 37.3 Å². The normalized spacial score (nSPS) is 24.7. The third-order valence-corrected chi connectivity index (χ3v) is 5.46. The minimum absolute atomic E-state index is 0.0562. The van der Waals surface area contributed by atoms with Crippen molar-refractivity contribution < 1.29 is 4.79 Å². The number of rotatable bonds is 4. The van der Waals surface area contributed by atoms with E-state index in [2.05, 4.69) is 20.6 Å². The molecule has 2 saturated carbocycles. The molecule has 2 aromatic rings. The maximum absolute atomic E-state index is 12.3. The fourth-order valence-electron chi connectivity index (χ4n) is 4.02. The van der Waals surface area contributed by atoms with Crippen LogP contribution in [-0.4, -0.2) is 32.4 Å². The Balaban J connectivity index is 1.33. The number of carbonyl (C=O) groups excluding carboxylic acids is 1. The lowest BCUT2D eigenvalue weighted by Gasteiger charge is -2.21. The minimum Gasteiger partial charge on any atom is -0.352 e. The Hall–Kier alpha value is -1.98. The van der Waals surface area contributed by atoms with Gasteiger partial charge in [-0.3, -0.25) is 4.79 Å². The standard InChI is InChI=1S/C17H23N5O/c1-22-16-15(20-21-22)8-13(10-18-16)17(23)19-9-12-7-14(12)11-5-3-2-4-6-11/h8,10-12,14H,2-7,9H2,1H3,(H,19,23)/t12-,14-/m0/s1. The van der Waals surface area contributed by atoms with Gasteiger partial charge in [-0.25, -0.2) is 9.67 Å². The second kappa shape index (κ2) is 5.91. The van der Waals surface area contributed by atoms with Crippen molar-refractivity contribution in [2.24, 2.45) is 24.8 Å². The zero-order valence-corrected chi connectivity index (χ0v) is 13.5. The molecule has 0 spiro atoms. The van der Waals surface area contributed by atoms with Crippen LogP contribution in [0, 0.1) is 17.8 Å². The molecule has 1 N–H and O–H groups in total. The predicted molar refractivity (Wildman–Crippen MR) is 86.8 cm³/mol. The molecular weight excluding hydrogens is 290 g/mol. The van der Waals surface area contributed by atoms with Crippen LogP contribution in [0.15, 0.2) is 12.3 Å². The van der Waals surface area contributed by atoms with E-state index in [0.717, 1.165) is 18.4 Å². The highest BCUT2D eigenvalue weighted by Crippen LogP contribution is 2.48. The number of nitrogens with one attached hydrogen (secondary N) is 1. The molecule has 0 aliphatic heterocycles. The van der Waals surface area contributed by atoms with Crippen molar-refractivity contribution in [3.8, 4) is 0 Å². The number of carbonyl (C=O) groups is 1. The van der Waals surface area contributed by atoms with Gasteiger partial charge in [0, 0.05) is 19.8 Å². The summed E-state index contributed by atoms with van der Waals surface area (Å²) in [6, 6.07) is 1.76. The highest BCUT2D eigenvalue weighted by atomic mass is 16.1. The molecule has 6 heteroatoms. The van der Waals surface area contributed by atoms with Crippen molar-refractivity contribution in [3.63, 3.8) is 0 Å². The zero-order chi connectivity index (χ0) is 15.8. The molecule has 2 aliphatic rings. The number of pyridine rings is 1. The summed E-state index contributed by atoms with van der Waals surface area (Å²) in [4.78, 5) is 16.6. The van der Waals surface area contributed by atoms with Crippen molar-refractivity contribution in [2.75, 3.05) is 6.54 Å². The average Bonchev–Trinajstić information content (AvgIpc) is 3.29. The summed E-state index contributed by atoms with van der Waals surface area (Å²) in [5, 5.41) is 11.0. The van der Waals surface area contributed by atoms with E-state index in [9.17, 15) is 4.79 Å². The molecule has 122 valence electrons. The van der Waals surface area contributed by atoms with Gasteiger partial charge in [-0.15, -0.1) is 5.10 Å². The monoisotopic (exact) mass is 313 g/mol. The van der Waals surface area contributed by atoms with E-state index in [1.54, 1.807) is 24.0 Å². The number of hydrogen-bond acceptors (Lipinski definition) is 4. The van der Waals surface area contributed by atoms with Gasteiger partial charge in [-0.05, 0) is 30.2 Å². The summed E-state index contributed by atoms with van der Waals surface area (Å²) in [7, 11) is 1.79. The maximum Gasteiger partial charge on any atom is 0.252 e. The largest absolute Gasteiger partial charge is 0.352 e.